The van der Waals surface area contributed by atoms with Gasteiger partial charge in [0.1, 0.15) is 11.6 Å². The summed E-state index contributed by atoms with van der Waals surface area (Å²) in [5.74, 6) is 0.576. The van der Waals surface area contributed by atoms with Crippen LogP contribution in [0.25, 0.3) is 0 Å². The third kappa shape index (κ3) is 4.37. The van der Waals surface area contributed by atoms with Gasteiger partial charge in [-0.05, 0) is 34.6 Å². The summed E-state index contributed by atoms with van der Waals surface area (Å²) in [5, 5.41) is 0. The molecule has 1 rings (SSSR count). The molecular formula is C15H23FO. The maximum Gasteiger partial charge on any atom is 0.127 e. The Morgan fingerprint density at radius 2 is 1.65 bits per heavy atom. The molecule has 0 aliphatic rings. The molecule has 0 atom stereocenters. The summed E-state index contributed by atoms with van der Waals surface area (Å²) in [5.41, 5.74) is 0.602. The van der Waals surface area contributed by atoms with Gasteiger partial charge >= 0.3 is 0 Å². The van der Waals surface area contributed by atoms with Gasteiger partial charge in [-0.1, -0.05) is 41.5 Å². The summed E-state index contributed by atoms with van der Waals surface area (Å²) < 4.78 is 19.4. The predicted octanol–water partition coefficient (Wildman–Crippen LogP) is 4.55. The molecule has 0 spiro atoms. The van der Waals surface area contributed by atoms with Gasteiger partial charge in [0.05, 0.1) is 6.61 Å². The molecule has 1 nitrogen and oxygen atoms in total. The normalized spacial score (nSPS) is 12.6. The highest BCUT2D eigenvalue weighted by atomic mass is 19.1. The first-order valence-electron chi connectivity index (χ1n) is 6.02. The zero-order valence-electron chi connectivity index (χ0n) is 11.7. The quantitative estimate of drug-likeness (QED) is 0.734. The Hall–Kier alpha value is -1.05. The van der Waals surface area contributed by atoms with Crippen LogP contribution in [0.4, 0.5) is 4.39 Å². The molecule has 0 fully saturated rings. The second-order valence-corrected chi connectivity index (χ2v) is 6.74. The minimum absolute atomic E-state index is 0.107. The van der Waals surface area contributed by atoms with Crippen molar-refractivity contribution in [1.82, 2.24) is 0 Å². The summed E-state index contributed by atoms with van der Waals surface area (Å²) in [7, 11) is 0. The van der Waals surface area contributed by atoms with Crippen molar-refractivity contribution in [3.63, 3.8) is 0 Å². The van der Waals surface area contributed by atoms with E-state index in [4.69, 9.17) is 4.74 Å². The fraction of sp³-hybridized carbons (Fsp3) is 0.600. The SMILES string of the molecule is CC(C)(C)COc1ccc(F)c(C(C)(C)C)c1. The monoisotopic (exact) mass is 238 g/mol. The van der Waals surface area contributed by atoms with E-state index in [-0.39, 0.29) is 16.6 Å². The number of hydrogen-bond acceptors (Lipinski definition) is 1. The van der Waals surface area contributed by atoms with Gasteiger partial charge in [-0.25, -0.2) is 4.39 Å². The van der Waals surface area contributed by atoms with E-state index < -0.39 is 0 Å². The average Bonchev–Trinajstić information content (AvgIpc) is 2.13. The Labute approximate surface area is 104 Å². The van der Waals surface area contributed by atoms with Gasteiger partial charge in [0.15, 0.2) is 0 Å². The fourth-order valence-electron chi connectivity index (χ4n) is 1.47. The Morgan fingerprint density at radius 1 is 1.06 bits per heavy atom. The van der Waals surface area contributed by atoms with Crippen LogP contribution in [0.5, 0.6) is 5.75 Å². The van der Waals surface area contributed by atoms with E-state index in [0.717, 1.165) is 5.75 Å². The van der Waals surface area contributed by atoms with E-state index in [9.17, 15) is 4.39 Å². The molecule has 0 aliphatic carbocycles. The molecule has 0 saturated heterocycles. The van der Waals surface area contributed by atoms with E-state index >= 15 is 0 Å². The van der Waals surface area contributed by atoms with Gasteiger partial charge in [-0.2, -0.15) is 0 Å². The van der Waals surface area contributed by atoms with Crippen LogP contribution in [0.2, 0.25) is 0 Å². The fourth-order valence-corrected chi connectivity index (χ4v) is 1.47. The number of ether oxygens (including phenoxy) is 1. The first-order valence-corrected chi connectivity index (χ1v) is 6.02. The van der Waals surface area contributed by atoms with Crippen LogP contribution >= 0.6 is 0 Å². The highest BCUT2D eigenvalue weighted by molar-refractivity contribution is 5.34. The van der Waals surface area contributed by atoms with Gasteiger partial charge in [-0.3, -0.25) is 0 Å². The van der Waals surface area contributed by atoms with Crippen LogP contribution in [0, 0.1) is 11.2 Å². The first-order chi connectivity index (χ1) is 7.59. The number of rotatable bonds is 2. The van der Waals surface area contributed by atoms with Crippen molar-refractivity contribution in [2.24, 2.45) is 5.41 Å². The molecule has 1 aromatic rings. The molecule has 0 aromatic heterocycles. The lowest BCUT2D eigenvalue weighted by Gasteiger charge is -2.22. The second-order valence-electron chi connectivity index (χ2n) is 6.74. The van der Waals surface area contributed by atoms with Crippen molar-refractivity contribution >= 4 is 0 Å². The predicted molar refractivity (Wildman–Crippen MR) is 70.1 cm³/mol. The molecule has 0 N–H and O–H groups in total. The number of hydrogen-bond donors (Lipinski definition) is 0. The molecular weight excluding hydrogens is 215 g/mol. The molecule has 0 bridgehead atoms. The molecule has 1 aromatic carbocycles. The van der Waals surface area contributed by atoms with E-state index in [1.807, 2.05) is 20.8 Å². The molecule has 17 heavy (non-hydrogen) atoms. The molecule has 0 radical (unpaired) electrons. The number of benzene rings is 1. The van der Waals surface area contributed by atoms with E-state index in [2.05, 4.69) is 20.8 Å². The summed E-state index contributed by atoms with van der Waals surface area (Å²) >= 11 is 0. The van der Waals surface area contributed by atoms with Crippen LogP contribution in [-0.4, -0.2) is 6.61 Å². The zero-order chi connectivity index (χ0) is 13.3. The smallest absolute Gasteiger partial charge is 0.127 e. The lowest BCUT2D eigenvalue weighted by molar-refractivity contribution is 0.197. The molecule has 0 saturated carbocycles. The van der Waals surface area contributed by atoms with Crippen molar-refractivity contribution in [1.29, 1.82) is 0 Å². The standard InChI is InChI=1S/C15H23FO/c1-14(2,3)10-17-11-7-8-13(16)12(9-11)15(4,5)6/h7-9H,10H2,1-6H3. The molecule has 0 heterocycles. The van der Waals surface area contributed by atoms with Crippen molar-refractivity contribution in [3.05, 3.63) is 29.6 Å². The van der Waals surface area contributed by atoms with E-state index in [0.29, 0.717) is 12.2 Å². The van der Waals surface area contributed by atoms with Crippen LogP contribution < -0.4 is 4.74 Å². The Morgan fingerprint density at radius 3 is 2.12 bits per heavy atom. The maximum atomic E-state index is 13.7. The van der Waals surface area contributed by atoms with E-state index in [1.54, 1.807) is 12.1 Å². The van der Waals surface area contributed by atoms with Gasteiger partial charge in [-0.15, -0.1) is 0 Å². The minimum atomic E-state index is -0.203. The van der Waals surface area contributed by atoms with Crippen LogP contribution in [0.1, 0.15) is 47.1 Å². The maximum absolute atomic E-state index is 13.7. The van der Waals surface area contributed by atoms with Gasteiger partial charge in [0, 0.05) is 0 Å². The van der Waals surface area contributed by atoms with Crippen molar-refractivity contribution < 1.29 is 9.13 Å². The van der Waals surface area contributed by atoms with Gasteiger partial charge in [0.25, 0.3) is 0 Å². The third-order valence-corrected chi connectivity index (χ3v) is 2.42. The zero-order valence-corrected chi connectivity index (χ0v) is 11.7. The molecule has 0 aliphatic heterocycles. The summed E-state index contributed by atoms with van der Waals surface area (Å²) in [6.07, 6.45) is 0. The van der Waals surface area contributed by atoms with Gasteiger partial charge in [0.2, 0.25) is 0 Å². The summed E-state index contributed by atoms with van der Waals surface area (Å²) in [4.78, 5) is 0. The minimum Gasteiger partial charge on any atom is -0.493 e. The van der Waals surface area contributed by atoms with Gasteiger partial charge < -0.3 is 4.74 Å². The van der Waals surface area contributed by atoms with Crippen molar-refractivity contribution in [2.45, 2.75) is 47.0 Å². The topological polar surface area (TPSA) is 9.23 Å². The lowest BCUT2D eigenvalue weighted by atomic mass is 9.86. The highest BCUT2D eigenvalue weighted by Gasteiger charge is 2.19. The van der Waals surface area contributed by atoms with Crippen LogP contribution in [0.3, 0.4) is 0 Å². The van der Waals surface area contributed by atoms with Crippen molar-refractivity contribution in [2.75, 3.05) is 6.61 Å². The Kier molecular flexibility index (Phi) is 3.85. The summed E-state index contributed by atoms with van der Waals surface area (Å²) in [6.45, 7) is 13.0. The Balaban J connectivity index is 2.90. The average molecular weight is 238 g/mol. The number of halogens is 1. The highest BCUT2D eigenvalue weighted by Crippen LogP contribution is 2.29. The molecule has 0 amide bonds. The molecule has 0 unspecified atom stereocenters. The summed E-state index contributed by atoms with van der Waals surface area (Å²) in [6, 6.07) is 4.98. The van der Waals surface area contributed by atoms with E-state index in [1.165, 1.54) is 6.07 Å². The second kappa shape index (κ2) is 4.67. The third-order valence-electron chi connectivity index (χ3n) is 2.42. The largest absolute Gasteiger partial charge is 0.493 e. The first kappa shape index (κ1) is 14.0. The lowest BCUT2D eigenvalue weighted by Crippen LogP contribution is -2.18. The van der Waals surface area contributed by atoms with Crippen molar-refractivity contribution in [3.8, 4) is 5.75 Å². The molecule has 2 heteroatoms. The van der Waals surface area contributed by atoms with Crippen LogP contribution in [0.15, 0.2) is 18.2 Å². The Bertz CT molecular complexity index is 383. The van der Waals surface area contributed by atoms with Crippen LogP contribution in [-0.2, 0) is 5.41 Å². The molecule has 96 valence electrons.